The Bertz CT molecular complexity index is 577. The summed E-state index contributed by atoms with van der Waals surface area (Å²) >= 11 is 0. The van der Waals surface area contributed by atoms with Crippen molar-refractivity contribution < 1.29 is 4.74 Å². The molecule has 0 spiro atoms. The van der Waals surface area contributed by atoms with Gasteiger partial charge >= 0.3 is 0 Å². The van der Waals surface area contributed by atoms with Gasteiger partial charge in [0.05, 0.1) is 11.8 Å². The van der Waals surface area contributed by atoms with Gasteiger partial charge in [-0.25, -0.2) is 9.97 Å². The minimum Gasteiger partial charge on any atom is -0.491 e. The molecule has 0 aliphatic carbocycles. The summed E-state index contributed by atoms with van der Waals surface area (Å²) in [4.78, 5) is 8.82. The zero-order valence-corrected chi connectivity index (χ0v) is 12.4. The van der Waals surface area contributed by atoms with Gasteiger partial charge in [-0.2, -0.15) is 0 Å². The first-order valence-corrected chi connectivity index (χ1v) is 6.87. The predicted molar refractivity (Wildman–Crippen MR) is 81.7 cm³/mol. The lowest BCUT2D eigenvalue weighted by Gasteiger charge is -2.11. The standard InChI is InChI=1S/C16H21N3O/c1-10(2)16-18-14(9-15(17)19-16)12-5-7-13(8-6-12)20-11(3)4/h5-11H,1-4H3,(H2,17,18,19). The molecular formula is C16H21N3O. The second kappa shape index (κ2) is 5.90. The Morgan fingerprint density at radius 3 is 2.20 bits per heavy atom. The SMILES string of the molecule is CC(C)Oc1ccc(-c2cc(N)nc(C(C)C)n2)cc1. The number of nitrogens with two attached hydrogens (primary N) is 1. The van der Waals surface area contributed by atoms with Crippen molar-refractivity contribution in [2.24, 2.45) is 0 Å². The van der Waals surface area contributed by atoms with Crippen molar-refractivity contribution in [2.75, 3.05) is 5.73 Å². The van der Waals surface area contributed by atoms with E-state index in [1.807, 2.05) is 38.1 Å². The first-order chi connectivity index (χ1) is 9.45. The molecule has 0 bridgehead atoms. The van der Waals surface area contributed by atoms with Crippen molar-refractivity contribution in [1.82, 2.24) is 9.97 Å². The lowest BCUT2D eigenvalue weighted by atomic mass is 10.1. The number of ether oxygens (including phenoxy) is 1. The molecule has 0 fully saturated rings. The van der Waals surface area contributed by atoms with Gasteiger partial charge < -0.3 is 10.5 Å². The molecule has 2 rings (SSSR count). The fourth-order valence-corrected chi connectivity index (χ4v) is 1.87. The van der Waals surface area contributed by atoms with Crippen LogP contribution in [-0.4, -0.2) is 16.1 Å². The highest BCUT2D eigenvalue weighted by Gasteiger charge is 2.08. The highest BCUT2D eigenvalue weighted by molar-refractivity contribution is 5.62. The predicted octanol–water partition coefficient (Wildman–Crippen LogP) is 3.64. The number of nitrogen functional groups attached to an aromatic ring is 1. The van der Waals surface area contributed by atoms with Crippen LogP contribution in [-0.2, 0) is 0 Å². The molecule has 106 valence electrons. The van der Waals surface area contributed by atoms with Crippen molar-refractivity contribution in [3.05, 3.63) is 36.2 Å². The molecule has 4 heteroatoms. The van der Waals surface area contributed by atoms with Gasteiger partial charge in [0.15, 0.2) is 0 Å². The summed E-state index contributed by atoms with van der Waals surface area (Å²) in [5, 5.41) is 0. The van der Waals surface area contributed by atoms with Crippen LogP contribution in [0.25, 0.3) is 11.3 Å². The average molecular weight is 271 g/mol. The van der Waals surface area contributed by atoms with Crippen LogP contribution in [0, 0.1) is 0 Å². The molecule has 0 aliphatic rings. The van der Waals surface area contributed by atoms with Gasteiger partial charge in [0.1, 0.15) is 17.4 Å². The van der Waals surface area contributed by atoms with E-state index in [0.717, 1.165) is 22.8 Å². The van der Waals surface area contributed by atoms with Crippen LogP contribution in [0.4, 0.5) is 5.82 Å². The Morgan fingerprint density at radius 1 is 1.00 bits per heavy atom. The third kappa shape index (κ3) is 3.47. The van der Waals surface area contributed by atoms with Gasteiger partial charge in [0.2, 0.25) is 0 Å². The maximum atomic E-state index is 5.85. The Balaban J connectivity index is 2.31. The molecule has 0 aliphatic heterocycles. The third-order valence-electron chi connectivity index (χ3n) is 2.80. The Kier molecular flexibility index (Phi) is 4.23. The van der Waals surface area contributed by atoms with Gasteiger partial charge in [-0.1, -0.05) is 13.8 Å². The lowest BCUT2D eigenvalue weighted by Crippen LogP contribution is -2.05. The fraction of sp³-hybridized carbons (Fsp3) is 0.375. The summed E-state index contributed by atoms with van der Waals surface area (Å²) in [6.07, 6.45) is 0.170. The van der Waals surface area contributed by atoms with Crippen LogP contribution in [0.2, 0.25) is 0 Å². The number of hydrogen-bond donors (Lipinski definition) is 1. The van der Waals surface area contributed by atoms with E-state index >= 15 is 0 Å². The number of anilines is 1. The summed E-state index contributed by atoms with van der Waals surface area (Å²) in [7, 11) is 0. The van der Waals surface area contributed by atoms with Gasteiger partial charge in [-0.05, 0) is 38.1 Å². The minimum absolute atomic E-state index is 0.170. The van der Waals surface area contributed by atoms with Crippen LogP contribution in [0.1, 0.15) is 39.4 Å². The molecule has 1 aromatic carbocycles. The summed E-state index contributed by atoms with van der Waals surface area (Å²) in [5.74, 6) is 2.37. The van der Waals surface area contributed by atoms with Crippen LogP contribution in [0.5, 0.6) is 5.75 Å². The van der Waals surface area contributed by atoms with Gasteiger partial charge in [-0.3, -0.25) is 0 Å². The molecule has 0 saturated heterocycles. The quantitative estimate of drug-likeness (QED) is 0.922. The van der Waals surface area contributed by atoms with E-state index in [1.165, 1.54) is 0 Å². The molecule has 2 N–H and O–H groups in total. The second-order valence-electron chi connectivity index (χ2n) is 5.38. The zero-order valence-electron chi connectivity index (χ0n) is 12.4. The van der Waals surface area contributed by atoms with Crippen LogP contribution >= 0.6 is 0 Å². The second-order valence-corrected chi connectivity index (χ2v) is 5.38. The van der Waals surface area contributed by atoms with Gasteiger partial charge in [0, 0.05) is 17.5 Å². The van der Waals surface area contributed by atoms with Gasteiger partial charge in [-0.15, -0.1) is 0 Å². The van der Waals surface area contributed by atoms with Crippen molar-refractivity contribution in [2.45, 2.75) is 39.7 Å². The van der Waals surface area contributed by atoms with Crippen molar-refractivity contribution in [3.8, 4) is 17.0 Å². The molecular weight excluding hydrogens is 250 g/mol. The van der Waals surface area contributed by atoms with Crippen molar-refractivity contribution >= 4 is 5.82 Å². The van der Waals surface area contributed by atoms with Crippen LogP contribution < -0.4 is 10.5 Å². The largest absolute Gasteiger partial charge is 0.491 e. The van der Waals surface area contributed by atoms with Crippen molar-refractivity contribution in [1.29, 1.82) is 0 Å². The highest BCUT2D eigenvalue weighted by Crippen LogP contribution is 2.24. The van der Waals surface area contributed by atoms with Gasteiger partial charge in [0.25, 0.3) is 0 Å². The number of benzene rings is 1. The number of nitrogens with zero attached hydrogens (tertiary/aromatic N) is 2. The first-order valence-electron chi connectivity index (χ1n) is 6.87. The zero-order chi connectivity index (χ0) is 14.7. The monoisotopic (exact) mass is 271 g/mol. The summed E-state index contributed by atoms with van der Waals surface area (Å²) in [6, 6.07) is 9.67. The van der Waals surface area contributed by atoms with E-state index in [4.69, 9.17) is 10.5 Å². The Morgan fingerprint density at radius 2 is 1.65 bits per heavy atom. The minimum atomic E-state index is 0.170. The number of aromatic nitrogens is 2. The molecule has 0 amide bonds. The molecule has 0 radical (unpaired) electrons. The summed E-state index contributed by atoms with van der Waals surface area (Å²) in [5.41, 5.74) is 7.71. The summed E-state index contributed by atoms with van der Waals surface area (Å²) in [6.45, 7) is 8.12. The smallest absolute Gasteiger partial charge is 0.133 e. The average Bonchev–Trinajstić information content (AvgIpc) is 2.38. The van der Waals surface area contributed by atoms with Crippen LogP contribution in [0.3, 0.4) is 0 Å². The first kappa shape index (κ1) is 14.3. The lowest BCUT2D eigenvalue weighted by molar-refractivity contribution is 0.242. The van der Waals surface area contributed by atoms with E-state index in [1.54, 1.807) is 6.07 Å². The number of rotatable bonds is 4. The number of hydrogen-bond acceptors (Lipinski definition) is 4. The molecule has 1 heterocycles. The summed E-state index contributed by atoms with van der Waals surface area (Å²) < 4.78 is 5.63. The van der Waals surface area contributed by atoms with E-state index in [0.29, 0.717) is 5.82 Å². The maximum Gasteiger partial charge on any atom is 0.133 e. The maximum absolute atomic E-state index is 5.85. The molecule has 0 atom stereocenters. The van der Waals surface area contributed by atoms with Crippen LogP contribution in [0.15, 0.2) is 30.3 Å². The van der Waals surface area contributed by atoms with E-state index in [-0.39, 0.29) is 12.0 Å². The topological polar surface area (TPSA) is 61.0 Å². The fourth-order valence-electron chi connectivity index (χ4n) is 1.87. The molecule has 0 saturated carbocycles. The molecule has 4 nitrogen and oxygen atoms in total. The van der Waals surface area contributed by atoms with Crippen molar-refractivity contribution in [3.63, 3.8) is 0 Å². The van der Waals surface area contributed by atoms with E-state index in [9.17, 15) is 0 Å². The molecule has 2 aromatic rings. The molecule has 20 heavy (non-hydrogen) atoms. The normalized spacial score (nSPS) is 11.1. The molecule has 0 unspecified atom stereocenters. The van der Waals surface area contributed by atoms with E-state index in [2.05, 4.69) is 23.8 Å². The third-order valence-corrected chi connectivity index (χ3v) is 2.80. The Hall–Kier alpha value is -2.10. The highest BCUT2D eigenvalue weighted by atomic mass is 16.5. The van der Waals surface area contributed by atoms with E-state index < -0.39 is 0 Å². The Labute approximate surface area is 120 Å². The molecule has 1 aromatic heterocycles.